The molecule has 0 amide bonds. The molecule has 2 aromatic carbocycles. The van der Waals surface area contributed by atoms with Crippen molar-refractivity contribution in [1.82, 2.24) is 5.32 Å². The van der Waals surface area contributed by atoms with Gasteiger partial charge in [-0.3, -0.25) is 5.32 Å². The molecule has 0 radical (unpaired) electrons. The fraction of sp³-hybridized carbons (Fsp3) is 0.294. The summed E-state index contributed by atoms with van der Waals surface area (Å²) in [4.78, 5) is 0. The van der Waals surface area contributed by atoms with Gasteiger partial charge in [-0.15, -0.1) is 12.4 Å². The first-order valence-electron chi connectivity index (χ1n) is 7.28. The Kier molecular flexibility index (Phi) is 6.85. The van der Waals surface area contributed by atoms with E-state index in [4.69, 9.17) is 32.7 Å². The van der Waals surface area contributed by atoms with Gasteiger partial charge in [0.15, 0.2) is 6.23 Å². The summed E-state index contributed by atoms with van der Waals surface area (Å²) < 4.78 is 11.9. The minimum atomic E-state index is -0.124. The van der Waals surface area contributed by atoms with E-state index in [1.807, 2.05) is 48.5 Å². The van der Waals surface area contributed by atoms with Gasteiger partial charge in [0.05, 0.1) is 10.0 Å². The van der Waals surface area contributed by atoms with E-state index >= 15 is 0 Å². The van der Waals surface area contributed by atoms with E-state index < -0.39 is 0 Å². The Labute approximate surface area is 152 Å². The molecule has 1 N–H and O–H groups in total. The maximum absolute atomic E-state index is 6.14. The summed E-state index contributed by atoms with van der Waals surface area (Å²) in [6.07, 6.45) is 1.58. The highest BCUT2D eigenvalue weighted by Crippen LogP contribution is 2.28. The van der Waals surface area contributed by atoms with E-state index in [9.17, 15) is 0 Å². The lowest BCUT2D eigenvalue weighted by Gasteiger charge is -2.31. The Morgan fingerprint density at radius 3 is 2.04 bits per heavy atom. The van der Waals surface area contributed by atoms with Crippen molar-refractivity contribution >= 4 is 35.6 Å². The first-order chi connectivity index (χ1) is 10.7. The van der Waals surface area contributed by atoms with Crippen molar-refractivity contribution in [1.29, 1.82) is 0 Å². The van der Waals surface area contributed by atoms with Gasteiger partial charge in [0.1, 0.15) is 17.6 Å². The summed E-state index contributed by atoms with van der Waals surface area (Å²) in [7, 11) is 0. The fourth-order valence-electron chi connectivity index (χ4n) is 2.46. The van der Waals surface area contributed by atoms with Crippen molar-refractivity contribution in [3.05, 3.63) is 58.6 Å². The zero-order chi connectivity index (χ0) is 15.4. The second-order valence-electron chi connectivity index (χ2n) is 5.19. The number of ether oxygens (including phenoxy) is 2. The Morgan fingerprint density at radius 2 is 1.43 bits per heavy atom. The summed E-state index contributed by atoms with van der Waals surface area (Å²) in [6.45, 7) is 0.824. The number of piperidine rings is 1. The quantitative estimate of drug-likeness (QED) is 0.821. The number of rotatable bonds is 4. The van der Waals surface area contributed by atoms with Crippen LogP contribution in [-0.4, -0.2) is 18.9 Å². The normalized spacial score (nSPS) is 20.4. The lowest BCUT2D eigenvalue weighted by molar-refractivity contribution is 0.0559. The van der Waals surface area contributed by atoms with Gasteiger partial charge < -0.3 is 9.47 Å². The summed E-state index contributed by atoms with van der Waals surface area (Å²) in [5.41, 5.74) is 0. The molecule has 3 rings (SSSR count). The highest BCUT2D eigenvalue weighted by atomic mass is 35.5. The highest BCUT2D eigenvalue weighted by molar-refractivity contribution is 6.32. The molecule has 0 saturated carbocycles. The molecule has 1 saturated heterocycles. The number of para-hydroxylation sites is 2. The van der Waals surface area contributed by atoms with Crippen LogP contribution in [0.5, 0.6) is 11.5 Å². The van der Waals surface area contributed by atoms with Crippen LogP contribution in [0.3, 0.4) is 0 Å². The van der Waals surface area contributed by atoms with E-state index in [1.165, 1.54) is 0 Å². The van der Waals surface area contributed by atoms with Gasteiger partial charge in [-0.05, 0) is 30.7 Å². The third kappa shape index (κ3) is 4.92. The van der Waals surface area contributed by atoms with E-state index in [2.05, 4.69) is 5.32 Å². The molecule has 124 valence electrons. The lowest BCUT2D eigenvalue weighted by Crippen LogP contribution is -2.45. The largest absolute Gasteiger partial charge is 0.489 e. The molecule has 23 heavy (non-hydrogen) atoms. The second kappa shape index (κ2) is 8.65. The molecule has 0 aromatic heterocycles. The van der Waals surface area contributed by atoms with Gasteiger partial charge in [0.25, 0.3) is 0 Å². The summed E-state index contributed by atoms with van der Waals surface area (Å²) in [5.74, 6) is 1.40. The first-order valence-corrected chi connectivity index (χ1v) is 8.04. The zero-order valence-corrected chi connectivity index (χ0v) is 14.7. The summed E-state index contributed by atoms with van der Waals surface area (Å²) in [5, 5.41) is 4.57. The molecule has 0 aliphatic carbocycles. The minimum Gasteiger partial charge on any atom is -0.489 e. The molecule has 2 aromatic rings. The summed E-state index contributed by atoms with van der Waals surface area (Å²) in [6, 6.07) is 15.0. The maximum Gasteiger partial charge on any atom is 0.153 e. The first kappa shape index (κ1) is 18.2. The predicted molar refractivity (Wildman–Crippen MR) is 96.2 cm³/mol. The molecule has 1 heterocycles. The van der Waals surface area contributed by atoms with Gasteiger partial charge in [-0.1, -0.05) is 47.5 Å². The molecular weight excluding hydrogens is 357 g/mol. The lowest BCUT2D eigenvalue weighted by atomic mass is 10.1. The smallest absolute Gasteiger partial charge is 0.153 e. The molecule has 2 unspecified atom stereocenters. The SMILES string of the molecule is Cl.Clc1ccccc1OC1CCNC(Oc2ccccc2Cl)C1. The van der Waals surface area contributed by atoms with E-state index in [-0.39, 0.29) is 24.7 Å². The Balaban J connectivity index is 0.00000192. The van der Waals surface area contributed by atoms with Crippen molar-refractivity contribution in [3.63, 3.8) is 0 Å². The summed E-state index contributed by atoms with van der Waals surface area (Å²) >= 11 is 12.3. The fourth-order valence-corrected chi connectivity index (χ4v) is 2.82. The van der Waals surface area contributed by atoms with Gasteiger partial charge in [-0.2, -0.15) is 0 Å². The number of hydrogen-bond donors (Lipinski definition) is 1. The van der Waals surface area contributed by atoms with Crippen LogP contribution in [0.2, 0.25) is 10.0 Å². The molecule has 0 spiro atoms. The van der Waals surface area contributed by atoms with Crippen molar-refractivity contribution in [2.24, 2.45) is 0 Å². The van der Waals surface area contributed by atoms with Crippen LogP contribution in [0.25, 0.3) is 0 Å². The van der Waals surface area contributed by atoms with E-state index in [0.717, 1.165) is 19.4 Å². The van der Waals surface area contributed by atoms with Crippen molar-refractivity contribution in [3.8, 4) is 11.5 Å². The predicted octanol–water partition coefficient (Wildman–Crippen LogP) is 4.95. The third-order valence-corrected chi connectivity index (χ3v) is 4.18. The topological polar surface area (TPSA) is 30.5 Å². The zero-order valence-electron chi connectivity index (χ0n) is 12.4. The third-order valence-electron chi connectivity index (χ3n) is 3.55. The second-order valence-corrected chi connectivity index (χ2v) is 6.00. The van der Waals surface area contributed by atoms with Crippen LogP contribution < -0.4 is 14.8 Å². The van der Waals surface area contributed by atoms with Gasteiger partial charge in [-0.25, -0.2) is 0 Å². The molecule has 1 fully saturated rings. The monoisotopic (exact) mass is 373 g/mol. The molecular formula is C17H18Cl3NO2. The Bertz CT molecular complexity index is 585. The molecule has 1 aliphatic rings. The van der Waals surface area contributed by atoms with Crippen molar-refractivity contribution in [2.75, 3.05) is 6.54 Å². The number of benzene rings is 2. The Hall–Kier alpha value is -1.13. The van der Waals surface area contributed by atoms with Crippen LogP contribution in [0.1, 0.15) is 12.8 Å². The Morgan fingerprint density at radius 1 is 0.870 bits per heavy atom. The average Bonchev–Trinajstić information content (AvgIpc) is 2.52. The molecule has 0 bridgehead atoms. The molecule has 2 atom stereocenters. The van der Waals surface area contributed by atoms with Crippen LogP contribution >= 0.6 is 35.6 Å². The van der Waals surface area contributed by atoms with Crippen LogP contribution in [0.4, 0.5) is 0 Å². The van der Waals surface area contributed by atoms with Crippen LogP contribution in [-0.2, 0) is 0 Å². The average molecular weight is 375 g/mol. The molecule has 6 heteroatoms. The number of nitrogens with one attached hydrogen (secondary N) is 1. The minimum absolute atomic E-state index is 0. The molecule has 1 aliphatic heterocycles. The standard InChI is InChI=1S/C17H17Cl2NO2.ClH/c18-13-5-1-3-7-15(13)21-12-9-10-20-17(11-12)22-16-8-4-2-6-14(16)19;/h1-8,12,17,20H,9-11H2;1H. The van der Waals surface area contributed by atoms with E-state index in [0.29, 0.717) is 21.5 Å². The number of halogens is 3. The van der Waals surface area contributed by atoms with Crippen molar-refractivity contribution < 1.29 is 9.47 Å². The number of hydrogen-bond acceptors (Lipinski definition) is 3. The maximum atomic E-state index is 6.14. The van der Waals surface area contributed by atoms with Crippen molar-refractivity contribution in [2.45, 2.75) is 25.2 Å². The van der Waals surface area contributed by atoms with Crippen LogP contribution in [0.15, 0.2) is 48.5 Å². The highest BCUT2D eigenvalue weighted by Gasteiger charge is 2.25. The van der Waals surface area contributed by atoms with Crippen LogP contribution in [0, 0.1) is 0 Å². The van der Waals surface area contributed by atoms with Gasteiger partial charge in [0, 0.05) is 13.0 Å². The van der Waals surface area contributed by atoms with Gasteiger partial charge in [0.2, 0.25) is 0 Å². The van der Waals surface area contributed by atoms with E-state index in [1.54, 1.807) is 0 Å². The van der Waals surface area contributed by atoms with Gasteiger partial charge >= 0.3 is 0 Å². The molecule has 3 nitrogen and oxygen atoms in total.